The second-order valence-corrected chi connectivity index (χ2v) is 25.8. The van der Waals surface area contributed by atoms with Crippen LogP contribution >= 0.6 is 0 Å². The summed E-state index contributed by atoms with van der Waals surface area (Å²) in [7, 11) is 0. The number of fused-ring (bicyclic) bond motifs is 2. The van der Waals surface area contributed by atoms with Gasteiger partial charge in [-0.25, -0.2) is 0 Å². The third kappa shape index (κ3) is 10.2. The molecule has 0 saturated carbocycles. The van der Waals surface area contributed by atoms with Crippen LogP contribution in [0, 0.1) is 12.1 Å². The Balaban J connectivity index is 0.00000342. The topological polar surface area (TPSA) is 92.0 Å². The van der Waals surface area contributed by atoms with Crippen molar-refractivity contribution in [3.8, 4) is 76.5 Å². The molecule has 0 spiro atoms. The first-order valence-electron chi connectivity index (χ1n) is 22.5. The van der Waals surface area contributed by atoms with E-state index < -0.39 is 0 Å². The number of phenolic OH excluding ortho intramolecular Hbond substituents is 2. The molecule has 3 aromatic heterocycles. The molecular weight excluding hydrogens is 1330 g/mol. The summed E-state index contributed by atoms with van der Waals surface area (Å²) < 4.78 is 4.23. The fourth-order valence-electron chi connectivity index (χ4n) is 8.37. The van der Waals surface area contributed by atoms with Crippen molar-refractivity contribution in [3.63, 3.8) is 0 Å². The Morgan fingerprint density at radius 3 is 1.16 bits per heavy atom. The van der Waals surface area contributed by atoms with E-state index in [0.29, 0.717) is 11.5 Å². The summed E-state index contributed by atoms with van der Waals surface area (Å²) >= 11 is -0.184. The van der Waals surface area contributed by atoms with Crippen LogP contribution in [0.4, 0.5) is 0 Å². The normalized spacial score (nSPS) is 12.3. The average Bonchev–Trinajstić information content (AvgIpc) is 3.90. The van der Waals surface area contributed by atoms with Gasteiger partial charge in [-0.05, 0) is 0 Å². The maximum atomic E-state index is 11.7. The van der Waals surface area contributed by atoms with Crippen molar-refractivity contribution in [3.05, 3.63) is 144 Å². The summed E-state index contributed by atoms with van der Waals surface area (Å²) in [6.07, 6.45) is 1.61. The summed E-state index contributed by atoms with van der Waals surface area (Å²) in [5.41, 5.74) is 14.2. The Kier molecular flexibility index (Phi) is 14.5. The minimum atomic E-state index is -0.229. The minimum Gasteiger partial charge on any atom is 0 e. The molecule has 0 aliphatic heterocycles. The largest absolute Gasteiger partial charge is 0 e. The number of para-hydroxylation sites is 2. The maximum absolute atomic E-state index is 11.7. The first kappa shape index (κ1) is 51.6. The van der Waals surface area contributed by atoms with Gasteiger partial charge in [0, 0.05) is 42.1 Å². The molecule has 0 unspecified atom stereocenters. The summed E-state index contributed by atoms with van der Waals surface area (Å²) in [4.78, 5) is 20.0. The molecule has 0 fully saturated rings. The Morgan fingerprint density at radius 1 is 0.426 bits per heavy atom. The molecule has 0 radical (unpaired) electrons. The van der Waals surface area contributed by atoms with Crippen LogP contribution < -0.4 is 0 Å². The molecule has 0 aliphatic carbocycles. The number of benzene rings is 6. The van der Waals surface area contributed by atoms with Crippen molar-refractivity contribution in [2.75, 3.05) is 0 Å². The number of rotatable bonds is 6. The second kappa shape index (κ2) is 19.2. The quantitative estimate of drug-likeness (QED) is 0.127. The van der Waals surface area contributed by atoms with Crippen LogP contribution in [0.3, 0.4) is 0 Å². The fourth-order valence-corrected chi connectivity index (χ4v) is 12.6. The standard InChI is InChI=1S/C58H56N4O2Se2.2Pt/c1-55(2,3)37-27-41(51(63)43(29-37)57(7,8)9)53-61-49-39(21-15-23-47(49)65-53)33-17-13-19-35(25-33)45-31-46(60-32-59-45)36-20-14-18-34(26-36)40-22-16-24-48-50(40)62-54(66-48)42-28-38(56(4,5)6)30-44(52(42)64)58(10,11)12;;/h13-24,27-32,63-64H,1-12H3;;/q-2;;. The predicted molar refractivity (Wildman–Crippen MR) is 275 cm³/mol. The van der Waals surface area contributed by atoms with E-state index >= 15 is 0 Å². The van der Waals surface area contributed by atoms with Crippen LogP contribution in [-0.2, 0) is 63.8 Å². The molecule has 6 aromatic carbocycles. The third-order valence-corrected chi connectivity index (χ3v) is 16.7. The monoisotopic (exact) mass is 1390 g/mol. The van der Waals surface area contributed by atoms with E-state index in [1.165, 1.54) is 19.6 Å². The van der Waals surface area contributed by atoms with Crippen LogP contribution in [0.2, 0.25) is 0 Å². The summed E-state index contributed by atoms with van der Waals surface area (Å²) in [6, 6.07) is 43.0. The molecule has 2 N–H and O–H groups in total. The number of aromatic hydroxyl groups is 2. The van der Waals surface area contributed by atoms with Gasteiger partial charge < -0.3 is 0 Å². The Labute approximate surface area is 442 Å². The van der Waals surface area contributed by atoms with E-state index in [0.717, 1.165) is 87.2 Å². The van der Waals surface area contributed by atoms with Crippen LogP contribution in [-0.4, -0.2) is 59.2 Å². The first-order valence-corrected chi connectivity index (χ1v) is 25.9. The van der Waals surface area contributed by atoms with Gasteiger partial charge in [0.1, 0.15) is 0 Å². The minimum absolute atomic E-state index is 0. The van der Waals surface area contributed by atoms with Crippen molar-refractivity contribution in [1.29, 1.82) is 0 Å². The van der Waals surface area contributed by atoms with Crippen molar-refractivity contribution in [2.24, 2.45) is 0 Å². The Morgan fingerprint density at radius 2 is 0.794 bits per heavy atom. The van der Waals surface area contributed by atoms with Gasteiger partial charge in [0.25, 0.3) is 0 Å². The van der Waals surface area contributed by atoms with Gasteiger partial charge in [0.2, 0.25) is 0 Å². The van der Waals surface area contributed by atoms with Gasteiger partial charge >= 0.3 is 404 Å². The molecule has 0 bridgehead atoms. The molecule has 0 amide bonds. The van der Waals surface area contributed by atoms with Crippen LogP contribution in [0.5, 0.6) is 11.5 Å². The van der Waals surface area contributed by atoms with Crippen LogP contribution in [0.25, 0.3) is 84.6 Å². The van der Waals surface area contributed by atoms with E-state index in [1.54, 1.807) is 6.33 Å². The van der Waals surface area contributed by atoms with E-state index in [1.807, 2.05) is 30.3 Å². The molecule has 9 aromatic rings. The van der Waals surface area contributed by atoms with E-state index in [-0.39, 0.29) is 92.8 Å². The summed E-state index contributed by atoms with van der Waals surface area (Å²) in [5.74, 6) is 0.650. The number of phenols is 2. The SMILES string of the molecule is CC(C)(C)c1cc(-c2nc3c(-c4[c-]c(-c5cc(-c6[c-]c(-c7cccc8[se]c(-c9cc(C(C)(C)C)cc(C(C)(C)C)c9O)nc78)ccc6)ncn5)ccc4)cccc3[se]2)c(O)c(C(C)(C)C)c1.[Pt].[Pt]. The molecule has 68 heavy (non-hydrogen) atoms. The Bertz CT molecular complexity index is 3130. The zero-order chi connectivity index (χ0) is 47.1. The second-order valence-electron chi connectivity index (χ2n) is 21.4. The zero-order valence-electron chi connectivity index (χ0n) is 40.5. The number of hydrogen-bond donors (Lipinski definition) is 2. The molecule has 3 heterocycles. The molecule has 9 rings (SSSR count). The van der Waals surface area contributed by atoms with Crippen LogP contribution in [0.1, 0.15) is 105 Å². The predicted octanol–water partition coefficient (Wildman–Crippen LogP) is 13.9. The van der Waals surface area contributed by atoms with Gasteiger partial charge in [-0.2, -0.15) is 0 Å². The smallest absolute Gasteiger partial charge is 0 e. The average molecular weight is 1390 g/mol. The molecule has 0 aliphatic rings. The number of aromatic nitrogens is 4. The summed E-state index contributed by atoms with van der Waals surface area (Å²) in [5, 5.41) is 23.5. The van der Waals surface area contributed by atoms with Crippen molar-refractivity contribution < 1.29 is 52.3 Å². The van der Waals surface area contributed by atoms with E-state index in [2.05, 4.69) is 168 Å². The van der Waals surface area contributed by atoms with Crippen molar-refractivity contribution in [1.82, 2.24) is 19.9 Å². The molecular formula is C58H56N4O2Pt2Se2-2. The Hall–Kier alpha value is -4.24. The zero-order valence-corrected chi connectivity index (χ0v) is 48.5. The van der Waals surface area contributed by atoms with E-state index in [4.69, 9.17) is 19.9 Å². The van der Waals surface area contributed by atoms with Gasteiger partial charge in [-0.15, -0.1) is 0 Å². The molecule has 6 nitrogen and oxygen atoms in total. The number of nitrogens with zero attached hydrogens (tertiary/aromatic N) is 4. The first-order chi connectivity index (χ1) is 31.0. The van der Waals surface area contributed by atoms with Gasteiger partial charge in [0.05, 0.1) is 0 Å². The van der Waals surface area contributed by atoms with Crippen molar-refractivity contribution in [2.45, 2.75) is 105 Å². The maximum Gasteiger partial charge on any atom is 0 e. The van der Waals surface area contributed by atoms with Crippen molar-refractivity contribution >= 4 is 48.6 Å². The third-order valence-electron chi connectivity index (χ3n) is 12.3. The fraction of sp³-hybridized carbons (Fsp3) is 0.276. The number of hydrogen-bond acceptors (Lipinski definition) is 6. The van der Waals surface area contributed by atoms with Gasteiger partial charge in [-0.1, -0.05) is 0 Å². The van der Waals surface area contributed by atoms with Gasteiger partial charge in [-0.3, -0.25) is 0 Å². The summed E-state index contributed by atoms with van der Waals surface area (Å²) in [6.45, 7) is 26.2. The van der Waals surface area contributed by atoms with Crippen LogP contribution in [0.15, 0.2) is 109 Å². The van der Waals surface area contributed by atoms with E-state index in [9.17, 15) is 10.2 Å². The molecule has 0 atom stereocenters. The molecule has 0 saturated heterocycles. The molecule has 354 valence electrons. The molecule has 10 heteroatoms. The van der Waals surface area contributed by atoms with Gasteiger partial charge in [0.15, 0.2) is 0 Å².